The molecule has 0 saturated carbocycles. The lowest BCUT2D eigenvalue weighted by Crippen LogP contribution is -2.37. The van der Waals surface area contributed by atoms with Crippen molar-refractivity contribution in [1.29, 1.82) is 0 Å². The maximum atomic E-state index is 12.7. The fourth-order valence-electron chi connectivity index (χ4n) is 3.88. The number of nitrogens with zero attached hydrogens (tertiary/aromatic N) is 2. The molecule has 2 aromatic carbocycles. The molecule has 0 aliphatic carbocycles. The van der Waals surface area contributed by atoms with Crippen LogP contribution >= 0.6 is 12.4 Å². The molecule has 2 N–H and O–H groups in total. The smallest absolute Gasteiger partial charge is 0.272 e. The first kappa shape index (κ1) is 25.2. The lowest BCUT2D eigenvalue weighted by molar-refractivity contribution is 0.0373. The Hall–Kier alpha value is -2.46. The van der Waals surface area contributed by atoms with E-state index in [1.807, 2.05) is 31.2 Å². The van der Waals surface area contributed by atoms with E-state index in [0.717, 1.165) is 55.8 Å². The van der Waals surface area contributed by atoms with E-state index in [4.69, 9.17) is 4.74 Å². The van der Waals surface area contributed by atoms with Crippen molar-refractivity contribution in [3.8, 4) is 11.3 Å². The van der Waals surface area contributed by atoms with E-state index < -0.39 is 10.0 Å². The topological polar surface area (TPSA) is 104 Å². The molecule has 0 amide bonds. The number of hydrogen-bond acceptors (Lipinski definition) is 6. The predicted octanol–water partition coefficient (Wildman–Crippen LogP) is 3.17. The molecule has 0 bridgehead atoms. The van der Waals surface area contributed by atoms with Crippen molar-refractivity contribution in [3.05, 3.63) is 58.4 Å². The maximum absolute atomic E-state index is 12.7. The zero-order valence-corrected chi connectivity index (χ0v) is 20.2. The standard InChI is InChI=1S/C23H28N4O4S.ClH/c1-17-8-9-18(22-19-6-2-3-7-20(19)23(28)25-24-22)16-21(17)26-32(29,30)15-5-4-10-27-11-13-31-14-12-27;/h2-3,6-9,16,26H,4-5,10-15H2,1H3,(H,25,28);1H. The van der Waals surface area contributed by atoms with Gasteiger partial charge in [-0.15, -0.1) is 12.4 Å². The van der Waals surface area contributed by atoms with Gasteiger partial charge in [-0.3, -0.25) is 14.4 Å². The number of nitrogens with one attached hydrogen (secondary N) is 2. The summed E-state index contributed by atoms with van der Waals surface area (Å²) in [6.07, 6.45) is 1.42. The molecule has 4 rings (SSSR count). The summed E-state index contributed by atoms with van der Waals surface area (Å²) in [6, 6.07) is 12.7. The summed E-state index contributed by atoms with van der Waals surface area (Å²) in [7, 11) is -3.48. The van der Waals surface area contributed by atoms with Crippen molar-refractivity contribution < 1.29 is 13.2 Å². The molecule has 3 aromatic rings. The Balaban J connectivity index is 0.00000306. The van der Waals surface area contributed by atoms with Gasteiger partial charge in [0.2, 0.25) is 10.0 Å². The molecule has 1 fully saturated rings. The second-order valence-corrected chi connectivity index (χ2v) is 9.90. The molecule has 0 atom stereocenters. The van der Waals surface area contributed by atoms with Gasteiger partial charge in [0.05, 0.1) is 35.7 Å². The van der Waals surface area contributed by atoms with Crippen molar-refractivity contribution in [2.75, 3.05) is 43.3 Å². The summed E-state index contributed by atoms with van der Waals surface area (Å²) in [5.41, 5.74) is 2.42. The van der Waals surface area contributed by atoms with Gasteiger partial charge in [-0.05, 0) is 44.0 Å². The highest BCUT2D eigenvalue weighted by Crippen LogP contribution is 2.28. The molecular formula is C23H29ClN4O4S. The van der Waals surface area contributed by atoms with Crippen molar-refractivity contribution in [2.45, 2.75) is 19.8 Å². The SMILES string of the molecule is Cc1ccc(-c2n[nH]c(=O)c3ccccc23)cc1NS(=O)(=O)CCCCN1CCOCC1.Cl. The predicted molar refractivity (Wildman–Crippen MR) is 134 cm³/mol. The minimum absolute atomic E-state index is 0. The van der Waals surface area contributed by atoms with Crippen LogP contribution in [0.2, 0.25) is 0 Å². The summed E-state index contributed by atoms with van der Waals surface area (Å²) in [6.45, 7) is 6.05. The summed E-state index contributed by atoms with van der Waals surface area (Å²) in [4.78, 5) is 14.4. The summed E-state index contributed by atoms with van der Waals surface area (Å²) in [5, 5.41) is 8.01. The number of sulfonamides is 1. The van der Waals surface area contributed by atoms with Crippen LogP contribution in [0.4, 0.5) is 5.69 Å². The average Bonchev–Trinajstić information content (AvgIpc) is 2.79. The van der Waals surface area contributed by atoms with Gasteiger partial charge in [0.15, 0.2) is 0 Å². The highest BCUT2D eigenvalue weighted by molar-refractivity contribution is 7.92. The first-order chi connectivity index (χ1) is 15.4. The number of morpholine rings is 1. The van der Waals surface area contributed by atoms with Crippen LogP contribution in [0.3, 0.4) is 0 Å². The summed E-state index contributed by atoms with van der Waals surface area (Å²) >= 11 is 0. The van der Waals surface area contributed by atoms with Gasteiger partial charge >= 0.3 is 0 Å². The van der Waals surface area contributed by atoms with Gasteiger partial charge in [-0.1, -0.05) is 30.3 Å². The minimum Gasteiger partial charge on any atom is -0.379 e. The van der Waals surface area contributed by atoms with Crippen LogP contribution in [0, 0.1) is 6.92 Å². The molecule has 1 aliphatic rings. The number of hydrogen-bond donors (Lipinski definition) is 2. The number of aromatic nitrogens is 2. The van der Waals surface area contributed by atoms with E-state index in [1.165, 1.54) is 0 Å². The Bertz CT molecular complexity index is 1260. The lowest BCUT2D eigenvalue weighted by Gasteiger charge is -2.26. The van der Waals surface area contributed by atoms with Gasteiger partial charge in [0, 0.05) is 24.0 Å². The summed E-state index contributed by atoms with van der Waals surface area (Å²) < 4.78 is 33.5. The van der Waals surface area contributed by atoms with Gasteiger partial charge in [-0.25, -0.2) is 13.5 Å². The quantitative estimate of drug-likeness (QED) is 0.468. The molecule has 1 saturated heterocycles. The van der Waals surface area contributed by atoms with E-state index in [-0.39, 0.29) is 23.7 Å². The molecule has 8 nitrogen and oxygen atoms in total. The second-order valence-electron chi connectivity index (χ2n) is 8.06. The first-order valence-corrected chi connectivity index (χ1v) is 12.5. The summed E-state index contributed by atoms with van der Waals surface area (Å²) in [5.74, 6) is 0.0703. The van der Waals surface area contributed by atoms with Crippen LogP contribution < -0.4 is 10.3 Å². The van der Waals surface area contributed by atoms with E-state index in [0.29, 0.717) is 23.2 Å². The Labute approximate surface area is 199 Å². The fraction of sp³-hybridized carbons (Fsp3) is 0.391. The maximum Gasteiger partial charge on any atom is 0.272 e. The van der Waals surface area contributed by atoms with Gasteiger partial charge in [0.1, 0.15) is 0 Å². The average molecular weight is 493 g/mol. The molecular weight excluding hydrogens is 464 g/mol. The van der Waals surface area contributed by atoms with Crippen molar-refractivity contribution in [1.82, 2.24) is 15.1 Å². The largest absolute Gasteiger partial charge is 0.379 e. The van der Waals surface area contributed by atoms with Gasteiger partial charge < -0.3 is 4.74 Å². The number of aromatic amines is 1. The lowest BCUT2D eigenvalue weighted by atomic mass is 10.0. The number of fused-ring (bicyclic) bond motifs is 1. The molecule has 0 unspecified atom stereocenters. The van der Waals surface area contributed by atoms with Crippen LogP contribution in [0.1, 0.15) is 18.4 Å². The third-order valence-electron chi connectivity index (χ3n) is 5.71. The monoisotopic (exact) mass is 492 g/mol. The van der Waals surface area contributed by atoms with E-state index in [1.54, 1.807) is 18.2 Å². The number of H-pyrrole nitrogens is 1. The Morgan fingerprint density at radius 2 is 1.82 bits per heavy atom. The Morgan fingerprint density at radius 1 is 1.09 bits per heavy atom. The van der Waals surface area contributed by atoms with Crippen LogP contribution in [0.25, 0.3) is 22.0 Å². The molecule has 178 valence electrons. The number of aryl methyl sites for hydroxylation is 1. The third kappa shape index (κ3) is 6.32. The molecule has 0 radical (unpaired) electrons. The van der Waals surface area contributed by atoms with E-state index >= 15 is 0 Å². The van der Waals surface area contributed by atoms with Crippen molar-refractivity contribution in [2.24, 2.45) is 0 Å². The van der Waals surface area contributed by atoms with E-state index in [2.05, 4.69) is 19.8 Å². The number of benzene rings is 2. The highest BCUT2D eigenvalue weighted by Gasteiger charge is 2.15. The van der Waals surface area contributed by atoms with Crippen LogP contribution in [0.15, 0.2) is 47.3 Å². The fourth-order valence-corrected chi connectivity index (χ4v) is 5.13. The van der Waals surface area contributed by atoms with Crippen molar-refractivity contribution >= 4 is 38.9 Å². The first-order valence-electron chi connectivity index (χ1n) is 10.8. The number of rotatable bonds is 8. The van der Waals surface area contributed by atoms with E-state index in [9.17, 15) is 13.2 Å². The zero-order chi connectivity index (χ0) is 22.6. The molecule has 10 heteroatoms. The minimum atomic E-state index is -3.48. The molecule has 2 heterocycles. The number of unbranched alkanes of at least 4 members (excludes halogenated alkanes) is 1. The number of halogens is 1. The Morgan fingerprint density at radius 3 is 2.58 bits per heavy atom. The van der Waals surface area contributed by atoms with Gasteiger partial charge in [-0.2, -0.15) is 5.10 Å². The highest BCUT2D eigenvalue weighted by atomic mass is 35.5. The molecule has 1 aliphatic heterocycles. The van der Waals surface area contributed by atoms with Crippen LogP contribution in [0.5, 0.6) is 0 Å². The second kappa shape index (κ2) is 11.1. The Kier molecular flexibility index (Phi) is 8.47. The van der Waals surface area contributed by atoms with Crippen molar-refractivity contribution in [3.63, 3.8) is 0 Å². The zero-order valence-electron chi connectivity index (χ0n) is 18.5. The molecule has 33 heavy (non-hydrogen) atoms. The third-order valence-corrected chi connectivity index (χ3v) is 7.07. The van der Waals surface area contributed by atoms with Gasteiger partial charge in [0.25, 0.3) is 5.56 Å². The van der Waals surface area contributed by atoms with Crippen LogP contribution in [-0.4, -0.2) is 62.1 Å². The number of anilines is 1. The number of ether oxygens (including phenoxy) is 1. The normalized spacial score (nSPS) is 14.7. The molecule has 0 spiro atoms. The molecule has 1 aromatic heterocycles. The van der Waals surface area contributed by atoms with Crippen LogP contribution in [-0.2, 0) is 14.8 Å².